The van der Waals surface area contributed by atoms with Gasteiger partial charge in [-0.1, -0.05) is 11.3 Å². The molecule has 0 fully saturated rings. The predicted molar refractivity (Wildman–Crippen MR) is 110 cm³/mol. The number of thiazole rings is 1. The number of nitro groups is 1. The number of hydrogen-bond acceptors (Lipinski definition) is 8. The molecule has 1 N–H and O–H groups in total. The SMILES string of the molecule is CCOc1ccc2nc(NC(=O)CN3C(=O)COc4ccc([N+](=O)[O-])cc43)sc2c1. The minimum atomic E-state index is -0.574. The second kappa shape index (κ2) is 7.95. The van der Waals surface area contributed by atoms with Gasteiger partial charge in [-0.15, -0.1) is 0 Å². The van der Waals surface area contributed by atoms with E-state index in [1.54, 1.807) is 12.1 Å². The molecule has 0 atom stereocenters. The van der Waals surface area contributed by atoms with Crippen molar-refractivity contribution in [3.05, 3.63) is 46.5 Å². The van der Waals surface area contributed by atoms with Gasteiger partial charge in [-0.05, 0) is 31.2 Å². The van der Waals surface area contributed by atoms with Gasteiger partial charge in [0.15, 0.2) is 11.7 Å². The summed E-state index contributed by atoms with van der Waals surface area (Å²) in [5.74, 6) is 0.0654. The lowest BCUT2D eigenvalue weighted by Gasteiger charge is -2.28. The zero-order chi connectivity index (χ0) is 21.3. The molecular formula is C19H16N4O6S. The number of nitro benzene ring substituents is 1. The van der Waals surface area contributed by atoms with E-state index in [0.717, 1.165) is 4.70 Å². The molecule has 1 aliphatic heterocycles. The third-order valence-electron chi connectivity index (χ3n) is 4.32. The molecule has 3 aromatic rings. The number of anilines is 2. The Labute approximate surface area is 174 Å². The first-order valence-corrected chi connectivity index (χ1v) is 9.81. The fraction of sp³-hybridized carbons (Fsp3) is 0.211. The highest BCUT2D eigenvalue weighted by atomic mass is 32.1. The van der Waals surface area contributed by atoms with Crippen LogP contribution in [0.2, 0.25) is 0 Å². The molecule has 0 aliphatic carbocycles. The first-order chi connectivity index (χ1) is 14.4. The van der Waals surface area contributed by atoms with Crippen molar-refractivity contribution < 1.29 is 24.0 Å². The highest BCUT2D eigenvalue weighted by Crippen LogP contribution is 2.35. The second-order valence-electron chi connectivity index (χ2n) is 6.31. The Balaban J connectivity index is 1.53. The summed E-state index contributed by atoms with van der Waals surface area (Å²) in [7, 11) is 0. The molecule has 0 unspecified atom stereocenters. The fourth-order valence-corrected chi connectivity index (χ4v) is 3.91. The molecule has 1 aliphatic rings. The van der Waals surface area contributed by atoms with Crippen molar-refractivity contribution in [2.24, 2.45) is 0 Å². The maximum absolute atomic E-state index is 12.6. The summed E-state index contributed by atoms with van der Waals surface area (Å²) in [6, 6.07) is 9.35. The summed E-state index contributed by atoms with van der Waals surface area (Å²) in [4.78, 5) is 40.9. The van der Waals surface area contributed by atoms with Gasteiger partial charge in [0.05, 0.1) is 27.4 Å². The molecule has 154 valence electrons. The van der Waals surface area contributed by atoms with E-state index in [2.05, 4.69) is 10.3 Å². The van der Waals surface area contributed by atoms with Gasteiger partial charge in [0.2, 0.25) is 5.91 Å². The summed E-state index contributed by atoms with van der Waals surface area (Å²) >= 11 is 1.28. The van der Waals surface area contributed by atoms with Crippen LogP contribution in [0.25, 0.3) is 10.2 Å². The van der Waals surface area contributed by atoms with E-state index in [9.17, 15) is 19.7 Å². The molecule has 0 saturated heterocycles. The Morgan fingerprint density at radius 1 is 1.37 bits per heavy atom. The number of hydrogen-bond donors (Lipinski definition) is 1. The van der Waals surface area contributed by atoms with Crippen LogP contribution in [-0.4, -0.2) is 41.5 Å². The van der Waals surface area contributed by atoms with E-state index in [0.29, 0.717) is 28.8 Å². The number of nitrogens with one attached hydrogen (secondary N) is 1. The highest BCUT2D eigenvalue weighted by molar-refractivity contribution is 7.22. The van der Waals surface area contributed by atoms with Gasteiger partial charge in [0.1, 0.15) is 18.0 Å². The lowest BCUT2D eigenvalue weighted by Crippen LogP contribution is -2.43. The molecule has 10 nitrogen and oxygen atoms in total. The molecule has 0 spiro atoms. The van der Waals surface area contributed by atoms with Gasteiger partial charge >= 0.3 is 0 Å². The summed E-state index contributed by atoms with van der Waals surface area (Å²) in [6.45, 7) is 1.86. The number of fused-ring (bicyclic) bond motifs is 2. The van der Waals surface area contributed by atoms with Gasteiger partial charge in [0.25, 0.3) is 11.6 Å². The maximum atomic E-state index is 12.6. The van der Waals surface area contributed by atoms with Crippen LogP contribution in [0.15, 0.2) is 36.4 Å². The van der Waals surface area contributed by atoms with Gasteiger partial charge in [0, 0.05) is 12.1 Å². The molecule has 2 amide bonds. The second-order valence-corrected chi connectivity index (χ2v) is 7.34. The van der Waals surface area contributed by atoms with Crippen LogP contribution in [0.5, 0.6) is 11.5 Å². The van der Waals surface area contributed by atoms with Crippen molar-refractivity contribution in [1.82, 2.24) is 4.98 Å². The van der Waals surface area contributed by atoms with Crippen LogP contribution >= 0.6 is 11.3 Å². The summed E-state index contributed by atoms with van der Waals surface area (Å²) in [5, 5.41) is 14.1. The zero-order valence-corrected chi connectivity index (χ0v) is 16.6. The Hall–Kier alpha value is -3.73. The molecule has 2 aromatic carbocycles. The highest BCUT2D eigenvalue weighted by Gasteiger charge is 2.29. The Bertz CT molecular complexity index is 1160. The monoisotopic (exact) mass is 428 g/mol. The van der Waals surface area contributed by atoms with Gasteiger partial charge in [-0.25, -0.2) is 4.98 Å². The topological polar surface area (TPSA) is 124 Å². The number of carbonyl (C=O) groups excluding carboxylic acids is 2. The van der Waals surface area contributed by atoms with Crippen LogP contribution in [0, 0.1) is 10.1 Å². The lowest BCUT2D eigenvalue weighted by atomic mass is 10.2. The van der Waals surface area contributed by atoms with Crippen LogP contribution in [0.3, 0.4) is 0 Å². The van der Waals surface area contributed by atoms with Crippen LogP contribution < -0.4 is 19.7 Å². The van der Waals surface area contributed by atoms with Crippen molar-refractivity contribution >= 4 is 49.9 Å². The number of nitrogens with zero attached hydrogens (tertiary/aromatic N) is 3. The predicted octanol–water partition coefficient (Wildman–Crippen LogP) is 2.97. The number of amides is 2. The number of carbonyl (C=O) groups is 2. The maximum Gasteiger partial charge on any atom is 0.271 e. The molecule has 1 aromatic heterocycles. The minimum Gasteiger partial charge on any atom is -0.494 e. The average Bonchev–Trinajstić information content (AvgIpc) is 3.11. The summed E-state index contributed by atoms with van der Waals surface area (Å²) in [5.41, 5.74) is 0.692. The van der Waals surface area contributed by atoms with E-state index >= 15 is 0 Å². The molecule has 2 heterocycles. The summed E-state index contributed by atoms with van der Waals surface area (Å²) < 4.78 is 11.6. The zero-order valence-electron chi connectivity index (χ0n) is 15.8. The van der Waals surface area contributed by atoms with Crippen molar-refractivity contribution in [2.75, 3.05) is 30.0 Å². The van der Waals surface area contributed by atoms with Gasteiger partial charge in [-0.2, -0.15) is 0 Å². The minimum absolute atomic E-state index is 0.182. The Morgan fingerprint density at radius 2 is 2.20 bits per heavy atom. The molecule has 0 saturated carbocycles. The van der Waals surface area contributed by atoms with Crippen molar-refractivity contribution in [3.8, 4) is 11.5 Å². The van der Waals surface area contributed by atoms with E-state index in [-0.39, 0.29) is 24.5 Å². The van der Waals surface area contributed by atoms with Gasteiger partial charge < -0.3 is 14.8 Å². The third kappa shape index (κ3) is 3.87. The number of non-ortho nitro benzene ring substituents is 1. The number of ether oxygens (including phenoxy) is 2. The first-order valence-electron chi connectivity index (χ1n) is 8.99. The van der Waals surface area contributed by atoms with Crippen LogP contribution in [0.4, 0.5) is 16.5 Å². The van der Waals surface area contributed by atoms with Gasteiger partial charge in [-0.3, -0.25) is 24.6 Å². The van der Waals surface area contributed by atoms with E-state index in [4.69, 9.17) is 9.47 Å². The van der Waals surface area contributed by atoms with E-state index < -0.39 is 16.7 Å². The van der Waals surface area contributed by atoms with Crippen molar-refractivity contribution in [3.63, 3.8) is 0 Å². The largest absolute Gasteiger partial charge is 0.494 e. The number of rotatable bonds is 6. The molecule has 4 rings (SSSR count). The quantitative estimate of drug-likeness (QED) is 0.473. The normalized spacial score (nSPS) is 13.0. The molecule has 0 bridgehead atoms. The number of benzene rings is 2. The Kier molecular flexibility index (Phi) is 5.19. The van der Waals surface area contributed by atoms with E-state index in [1.807, 2.05) is 13.0 Å². The molecule has 11 heteroatoms. The lowest BCUT2D eigenvalue weighted by molar-refractivity contribution is -0.384. The molecule has 30 heavy (non-hydrogen) atoms. The average molecular weight is 428 g/mol. The Morgan fingerprint density at radius 3 is 2.97 bits per heavy atom. The molecular weight excluding hydrogens is 412 g/mol. The van der Waals surface area contributed by atoms with Crippen molar-refractivity contribution in [1.29, 1.82) is 0 Å². The van der Waals surface area contributed by atoms with E-state index in [1.165, 1.54) is 34.4 Å². The van der Waals surface area contributed by atoms with Crippen LogP contribution in [-0.2, 0) is 9.59 Å². The van der Waals surface area contributed by atoms with Crippen molar-refractivity contribution in [2.45, 2.75) is 6.92 Å². The number of aromatic nitrogens is 1. The fourth-order valence-electron chi connectivity index (χ4n) is 2.99. The van der Waals surface area contributed by atoms with Crippen LogP contribution in [0.1, 0.15) is 6.92 Å². The third-order valence-corrected chi connectivity index (χ3v) is 5.25. The smallest absolute Gasteiger partial charge is 0.271 e. The molecule has 0 radical (unpaired) electrons. The standard InChI is InChI=1S/C19H16N4O6S/c1-2-28-12-4-5-13-16(8-12)30-19(20-13)21-17(24)9-22-14-7-11(23(26)27)3-6-15(14)29-10-18(22)25/h3-8H,2,9-10H2,1H3,(H,20,21,24). The summed E-state index contributed by atoms with van der Waals surface area (Å²) in [6.07, 6.45) is 0. The first kappa shape index (κ1) is 19.6.